The van der Waals surface area contributed by atoms with Crippen molar-refractivity contribution in [3.63, 3.8) is 0 Å². The van der Waals surface area contributed by atoms with Gasteiger partial charge in [0.1, 0.15) is 5.69 Å². The van der Waals surface area contributed by atoms with E-state index in [0.29, 0.717) is 5.56 Å². The molecule has 2 rings (SSSR count). The second kappa shape index (κ2) is 11.7. The van der Waals surface area contributed by atoms with Crippen LogP contribution in [0.4, 0.5) is 11.4 Å². The number of rotatable bonds is 9. The lowest BCUT2D eigenvalue weighted by Crippen LogP contribution is -2.27. The van der Waals surface area contributed by atoms with Crippen molar-refractivity contribution in [3.05, 3.63) is 71.1 Å². The Hall–Kier alpha value is -4.54. The number of hydrogen-bond acceptors (Lipinski definition) is 9. The van der Waals surface area contributed by atoms with Crippen LogP contribution in [0.5, 0.6) is 0 Å². The molecule has 0 bridgehead atoms. The maximum atomic E-state index is 12.5. The van der Waals surface area contributed by atoms with Crippen molar-refractivity contribution in [2.45, 2.75) is 6.92 Å². The van der Waals surface area contributed by atoms with Gasteiger partial charge in [-0.1, -0.05) is 24.3 Å². The first-order valence-corrected chi connectivity index (χ1v) is 9.67. The van der Waals surface area contributed by atoms with Crippen LogP contribution in [0.25, 0.3) is 0 Å². The third-order valence-electron chi connectivity index (χ3n) is 4.07. The van der Waals surface area contributed by atoms with Gasteiger partial charge in [-0.25, -0.2) is 15.0 Å². The fraction of sp³-hybridized carbons (Fsp3) is 0.182. The zero-order chi connectivity index (χ0) is 24.4. The molecule has 0 spiro atoms. The van der Waals surface area contributed by atoms with Crippen LogP contribution in [0.2, 0.25) is 0 Å². The Balaban J connectivity index is 2.28. The average molecular weight is 452 g/mol. The molecule has 0 aliphatic heterocycles. The number of hydrogen-bond donors (Lipinski definition) is 2. The summed E-state index contributed by atoms with van der Waals surface area (Å²) in [5, 5.41) is 32.5. The number of azo groups is 1. The number of carboxylic acid groups (broad SMARTS) is 1. The molecule has 2 N–H and O–H groups in total. The number of nitrogens with zero attached hydrogens (tertiary/aromatic N) is 4. The lowest BCUT2D eigenvalue weighted by atomic mass is 10.2. The Morgan fingerprint density at radius 3 is 2.39 bits per heavy atom. The largest absolute Gasteiger partial charge is 0.866 e. The third kappa shape index (κ3) is 6.99. The monoisotopic (exact) mass is 452 g/mol. The van der Waals surface area contributed by atoms with Gasteiger partial charge in [0.25, 0.3) is 5.91 Å². The average Bonchev–Trinajstić information content (AvgIpc) is 2.79. The van der Waals surface area contributed by atoms with Crippen LogP contribution in [-0.2, 0) is 14.3 Å². The van der Waals surface area contributed by atoms with E-state index in [1.165, 1.54) is 37.4 Å². The van der Waals surface area contributed by atoms with E-state index in [0.717, 1.165) is 5.69 Å². The minimum absolute atomic E-state index is 0.0977. The molecule has 11 nitrogen and oxygen atoms in total. The first-order valence-electron chi connectivity index (χ1n) is 9.67. The molecule has 0 saturated carbocycles. The van der Waals surface area contributed by atoms with Crippen LogP contribution >= 0.6 is 0 Å². The molecule has 0 aliphatic carbocycles. The highest BCUT2D eigenvalue weighted by atomic mass is 16.5. The molecule has 0 fully saturated rings. The Morgan fingerprint density at radius 2 is 1.79 bits per heavy atom. The number of nitrogens with one attached hydrogen (secondary N) is 1. The van der Waals surface area contributed by atoms with Gasteiger partial charge in [-0.3, -0.25) is 4.79 Å². The Bertz CT molecular complexity index is 1110. The van der Waals surface area contributed by atoms with Gasteiger partial charge in [0.05, 0.1) is 18.4 Å². The predicted molar refractivity (Wildman–Crippen MR) is 118 cm³/mol. The van der Waals surface area contributed by atoms with Crippen molar-refractivity contribution in [2.24, 2.45) is 15.3 Å². The number of ether oxygens (including phenoxy) is 1. The minimum atomic E-state index is -1.35. The quantitative estimate of drug-likeness (QED) is 0.147. The second-order valence-corrected chi connectivity index (χ2v) is 6.61. The van der Waals surface area contributed by atoms with Crippen molar-refractivity contribution in [1.82, 2.24) is 5.43 Å². The first kappa shape index (κ1) is 24.7. The molecular formula is C22H22N5O6-. The SMILES string of the molecule is CCOC(=O)/C([O-])=C(\N=Nc1ccccc1C(=O)O)C(=O)N/N=C\c1ccc(N(C)C)cc1. The van der Waals surface area contributed by atoms with Gasteiger partial charge < -0.3 is 19.8 Å². The fourth-order valence-corrected chi connectivity index (χ4v) is 2.41. The summed E-state index contributed by atoms with van der Waals surface area (Å²) in [7, 11) is 3.79. The van der Waals surface area contributed by atoms with Crippen molar-refractivity contribution in [1.29, 1.82) is 0 Å². The standard InChI is InChI=1S/C22H23N5O6/c1-4-33-22(32)19(28)18(25-24-17-8-6-5-7-16(17)21(30)31)20(29)26-23-13-14-9-11-15(12-10-14)27(2)3/h5-13,28H,4H2,1-3H3,(H,26,29)(H,30,31)/p-1/b19-18+,23-13-,25-24?. The number of hydrazone groups is 1. The molecule has 0 aromatic heterocycles. The van der Waals surface area contributed by atoms with Crippen LogP contribution in [0.15, 0.2) is 75.3 Å². The van der Waals surface area contributed by atoms with E-state index in [-0.39, 0.29) is 17.9 Å². The van der Waals surface area contributed by atoms with Crippen molar-refractivity contribution >= 4 is 35.4 Å². The van der Waals surface area contributed by atoms with E-state index in [4.69, 9.17) is 0 Å². The Kier molecular flexibility index (Phi) is 8.80. The van der Waals surface area contributed by atoms with Crippen molar-refractivity contribution < 1.29 is 29.3 Å². The van der Waals surface area contributed by atoms with E-state index in [1.54, 1.807) is 12.1 Å². The zero-order valence-electron chi connectivity index (χ0n) is 18.2. The molecule has 33 heavy (non-hydrogen) atoms. The third-order valence-corrected chi connectivity index (χ3v) is 4.07. The van der Waals surface area contributed by atoms with E-state index in [2.05, 4.69) is 25.5 Å². The normalized spacial score (nSPS) is 11.8. The maximum Gasteiger partial charge on any atom is 0.337 e. The van der Waals surface area contributed by atoms with Gasteiger partial charge in [0.15, 0.2) is 5.70 Å². The number of anilines is 1. The number of carbonyl (C=O) groups excluding carboxylic acids is 2. The number of benzene rings is 2. The molecule has 2 aromatic rings. The molecule has 1 amide bonds. The van der Waals surface area contributed by atoms with Gasteiger partial charge in [-0.2, -0.15) is 5.10 Å². The molecule has 0 heterocycles. The van der Waals surface area contributed by atoms with Crippen molar-refractivity contribution in [2.75, 3.05) is 25.6 Å². The molecule has 11 heteroatoms. The van der Waals surface area contributed by atoms with Crippen LogP contribution in [-0.4, -0.2) is 49.9 Å². The van der Waals surface area contributed by atoms with Crippen molar-refractivity contribution in [3.8, 4) is 0 Å². The molecule has 172 valence electrons. The molecule has 0 atom stereocenters. The number of carboxylic acids is 1. The van der Waals surface area contributed by atoms with Crippen LogP contribution in [0, 0.1) is 0 Å². The molecular weight excluding hydrogens is 430 g/mol. The summed E-state index contributed by atoms with van der Waals surface area (Å²) in [5.41, 5.74) is 2.51. The Morgan fingerprint density at radius 1 is 1.12 bits per heavy atom. The van der Waals surface area contributed by atoms with Gasteiger partial charge in [0, 0.05) is 25.5 Å². The fourth-order valence-electron chi connectivity index (χ4n) is 2.41. The lowest BCUT2D eigenvalue weighted by Gasteiger charge is -2.13. The number of aromatic carboxylic acids is 1. The van der Waals surface area contributed by atoms with E-state index < -0.39 is 29.3 Å². The summed E-state index contributed by atoms with van der Waals surface area (Å²) >= 11 is 0. The van der Waals surface area contributed by atoms with Gasteiger partial charge in [0.2, 0.25) is 0 Å². The summed E-state index contributed by atoms with van der Waals surface area (Å²) in [6.07, 6.45) is 1.33. The topological polar surface area (TPSA) is 156 Å². The summed E-state index contributed by atoms with van der Waals surface area (Å²) in [5.74, 6) is -5.06. The second-order valence-electron chi connectivity index (χ2n) is 6.61. The molecule has 0 unspecified atom stereocenters. The summed E-state index contributed by atoms with van der Waals surface area (Å²) in [6.45, 7) is 1.39. The van der Waals surface area contributed by atoms with Crippen LogP contribution in [0.3, 0.4) is 0 Å². The van der Waals surface area contributed by atoms with Gasteiger partial charge >= 0.3 is 11.9 Å². The summed E-state index contributed by atoms with van der Waals surface area (Å²) in [4.78, 5) is 37.6. The van der Waals surface area contributed by atoms with E-state index >= 15 is 0 Å². The zero-order valence-corrected chi connectivity index (χ0v) is 18.2. The van der Waals surface area contributed by atoms with Gasteiger partial charge in [-0.15, -0.1) is 10.2 Å². The van der Waals surface area contributed by atoms with E-state index in [9.17, 15) is 24.6 Å². The number of amides is 1. The molecule has 0 saturated heterocycles. The Labute approximate surface area is 189 Å². The highest BCUT2D eigenvalue weighted by molar-refractivity contribution is 6.01. The predicted octanol–water partition coefficient (Wildman–Crippen LogP) is 1.82. The van der Waals surface area contributed by atoms with Gasteiger partial charge in [-0.05, 0) is 36.8 Å². The first-order chi connectivity index (χ1) is 15.7. The maximum absolute atomic E-state index is 12.5. The highest BCUT2D eigenvalue weighted by Crippen LogP contribution is 2.20. The highest BCUT2D eigenvalue weighted by Gasteiger charge is 2.16. The molecule has 0 aliphatic rings. The number of carbonyl (C=O) groups is 3. The summed E-state index contributed by atoms with van der Waals surface area (Å²) < 4.78 is 4.63. The van der Waals surface area contributed by atoms with Crippen LogP contribution in [0.1, 0.15) is 22.8 Å². The molecule has 2 aromatic carbocycles. The lowest BCUT2D eigenvalue weighted by molar-refractivity contribution is -0.305. The number of esters is 1. The van der Waals surface area contributed by atoms with Crippen LogP contribution < -0.4 is 15.4 Å². The van der Waals surface area contributed by atoms with E-state index in [1.807, 2.05) is 31.1 Å². The smallest absolute Gasteiger partial charge is 0.337 e. The minimum Gasteiger partial charge on any atom is -0.866 e. The summed E-state index contributed by atoms with van der Waals surface area (Å²) in [6, 6.07) is 12.8. The molecule has 0 radical (unpaired) electrons.